The van der Waals surface area contributed by atoms with Crippen LogP contribution in [0.15, 0.2) is 48.5 Å². The summed E-state index contributed by atoms with van der Waals surface area (Å²) in [6.07, 6.45) is 3.05. The van der Waals surface area contributed by atoms with E-state index >= 15 is 0 Å². The van der Waals surface area contributed by atoms with Crippen molar-refractivity contribution in [3.8, 4) is 0 Å². The molecule has 2 aromatic heterocycles. The van der Waals surface area contributed by atoms with Crippen LogP contribution >= 0.6 is 0 Å². The highest BCUT2D eigenvalue weighted by atomic mass is 16.2. The SMILES string of the molecule is CC(N)=O.CCCCc1nc2c(N)nc3ccccc3c2n1Cc1ccc(CNC(=O)CN)cc1. The largest absolute Gasteiger partial charge is 0.382 e. The zero-order valence-corrected chi connectivity index (χ0v) is 20.3. The Balaban J connectivity index is 0.000000795. The average molecular weight is 476 g/mol. The molecule has 0 aliphatic rings. The van der Waals surface area contributed by atoms with Crippen LogP contribution in [0.25, 0.3) is 21.9 Å². The first-order valence-corrected chi connectivity index (χ1v) is 11.7. The minimum absolute atomic E-state index is 0.00172. The van der Waals surface area contributed by atoms with Gasteiger partial charge in [-0.1, -0.05) is 55.8 Å². The standard InChI is InChI=1S/C24H28N6O.C2H5NO/c1-2-3-8-20-29-22-23(18-6-4-5-7-19(18)28-24(22)26)30(20)15-17-11-9-16(10-12-17)14-27-21(31)13-25;1-2(3)4/h4-7,9-12H,2-3,8,13-15,25H2,1H3,(H2,26,28)(H,27,31);1H3,(H2,3,4). The third-order valence-corrected chi connectivity index (χ3v) is 5.48. The van der Waals surface area contributed by atoms with Crippen LogP contribution in [0.1, 0.15) is 43.6 Å². The van der Waals surface area contributed by atoms with Gasteiger partial charge in [0.2, 0.25) is 11.8 Å². The number of imidazole rings is 1. The molecule has 7 N–H and O–H groups in total. The molecule has 0 aliphatic heterocycles. The average Bonchev–Trinajstić information content (AvgIpc) is 3.20. The number of hydrogen-bond acceptors (Lipinski definition) is 6. The lowest BCUT2D eigenvalue weighted by molar-refractivity contribution is -0.120. The van der Waals surface area contributed by atoms with Crippen molar-refractivity contribution in [1.29, 1.82) is 0 Å². The Morgan fingerprint density at radius 3 is 2.34 bits per heavy atom. The van der Waals surface area contributed by atoms with E-state index in [1.807, 2.05) is 30.3 Å². The van der Waals surface area contributed by atoms with E-state index in [1.54, 1.807) is 0 Å². The highest BCUT2D eigenvalue weighted by Crippen LogP contribution is 2.30. The summed E-state index contributed by atoms with van der Waals surface area (Å²) in [7, 11) is 0. The van der Waals surface area contributed by atoms with Crippen molar-refractivity contribution >= 4 is 39.6 Å². The molecule has 4 aromatic rings. The number of amides is 2. The van der Waals surface area contributed by atoms with Gasteiger partial charge in [0.25, 0.3) is 0 Å². The molecule has 0 radical (unpaired) electrons. The number of carbonyl (C=O) groups is 2. The van der Waals surface area contributed by atoms with Crippen molar-refractivity contribution < 1.29 is 9.59 Å². The number of carbonyl (C=O) groups excluding carboxylic acids is 2. The lowest BCUT2D eigenvalue weighted by Gasteiger charge is -2.12. The summed E-state index contributed by atoms with van der Waals surface area (Å²) in [5, 5.41) is 3.85. The number of rotatable bonds is 8. The Morgan fingerprint density at radius 1 is 1.03 bits per heavy atom. The molecule has 184 valence electrons. The predicted molar refractivity (Wildman–Crippen MR) is 139 cm³/mol. The van der Waals surface area contributed by atoms with Gasteiger partial charge in [-0.15, -0.1) is 0 Å². The van der Waals surface area contributed by atoms with Crippen LogP contribution in [-0.4, -0.2) is 32.9 Å². The van der Waals surface area contributed by atoms with Crippen molar-refractivity contribution in [2.24, 2.45) is 11.5 Å². The van der Waals surface area contributed by atoms with Gasteiger partial charge in [0, 0.05) is 31.8 Å². The van der Waals surface area contributed by atoms with E-state index in [-0.39, 0.29) is 18.4 Å². The molecule has 0 atom stereocenters. The summed E-state index contributed by atoms with van der Waals surface area (Å²) < 4.78 is 2.27. The Bertz CT molecular complexity index is 1310. The zero-order valence-electron chi connectivity index (χ0n) is 20.3. The number of unbranched alkanes of at least 4 members (excludes halogenated alkanes) is 1. The van der Waals surface area contributed by atoms with Gasteiger partial charge < -0.3 is 27.1 Å². The second-order valence-electron chi connectivity index (χ2n) is 8.34. The Labute approximate surface area is 204 Å². The van der Waals surface area contributed by atoms with Gasteiger partial charge in [-0.05, 0) is 23.6 Å². The minimum Gasteiger partial charge on any atom is -0.382 e. The van der Waals surface area contributed by atoms with Crippen LogP contribution in [0.5, 0.6) is 0 Å². The monoisotopic (exact) mass is 475 g/mol. The third kappa shape index (κ3) is 6.54. The van der Waals surface area contributed by atoms with Crippen molar-refractivity contribution in [3.05, 3.63) is 65.5 Å². The minimum atomic E-state index is -0.333. The zero-order chi connectivity index (χ0) is 25.4. The summed E-state index contributed by atoms with van der Waals surface area (Å²) >= 11 is 0. The smallest absolute Gasteiger partial charge is 0.234 e. The first-order chi connectivity index (χ1) is 16.8. The number of primary amides is 1. The molecule has 0 saturated carbocycles. The number of nitrogens with two attached hydrogens (primary N) is 3. The number of nitrogens with zero attached hydrogens (tertiary/aromatic N) is 3. The molecule has 0 spiro atoms. The molecule has 0 saturated heterocycles. The predicted octanol–water partition coefficient (Wildman–Crippen LogP) is 2.62. The van der Waals surface area contributed by atoms with Crippen molar-refractivity contribution in [2.75, 3.05) is 12.3 Å². The first kappa shape index (κ1) is 25.6. The first-order valence-electron chi connectivity index (χ1n) is 11.7. The highest BCUT2D eigenvalue weighted by Gasteiger charge is 2.17. The Hall–Kier alpha value is -3.98. The van der Waals surface area contributed by atoms with Gasteiger partial charge in [-0.3, -0.25) is 9.59 Å². The molecule has 2 aromatic carbocycles. The second kappa shape index (κ2) is 11.9. The molecule has 2 heterocycles. The van der Waals surface area contributed by atoms with E-state index < -0.39 is 0 Å². The summed E-state index contributed by atoms with van der Waals surface area (Å²) in [6.45, 7) is 4.65. The molecular weight excluding hydrogens is 442 g/mol. The number of para-hydroxylation sites is 1. The lowest BCUT2D eigenvalue weighted by atomic mass is 10.1. The van der Waals surface area contributed by atoms with Gasteiger partial charge in [-0.25, -0.2) is 9.97 Å². The molecular formula is C26H33N7O2. The van der Waals surface area contributed by atoms with Crippen LogP contribution in [-0.2, 0) is 29.1 Å². The Kier molecular flexibility index (Phi) is 8.74. The van der Waals surface area contributed by atoms with E-state index in [0.717, 1.165) is 58.2 Å². The van der Waals surface area contributed by atoms with Crippen molar-refractivity contribution in [1.82, 2.24) is 19.9 Å². The fourth-order valence-electron chi connectivity index (χ4n) is 3.82. The number of aromatic nitrogens is 3. The molecule has 9 heteroatoms. The van der Waals surface area contributed by atoms with E-state index in [1.165, 1.54) is 6.92 Å². The van der Waals surface area contributed by atoms with Crippen molar-refractivity contribution in [3.63, 3.8) is 0 Å². The second-order valence-corrected chi connectivity index (χ2v) is 8.34. The highest BCUT2D eigenvalue weighted by molar-refractivity contribution is 6.06. The summed E-state index contributed by atoms with van der Waals surface area (Å²) in [6, 6.07) is 16.3. The van der Waals surface area contributed by atoms with Crippen LogP contribution in [0, 0.1) is 0 Å². The van der Waals surface area contributed by atoms with Crippen molar-refractivity contribution in [2.45, 2.75) is 46.2 Å². The molecule has 9 nitrogen and oxygen atoms in total. The maximum Gasteiger partial charge on any atom is 0.234 e. The van der Waals surface area contributed by atoms with E-state index in [2.05, 4.69) is 45.7 Å². The third-order valence-electron chi connectivity index (χ3n) is 5.48. The number of benzene rings is 2. The number of pyridine rings is 1. The Morgan fingerprint density at radius 2 is 1.69 bits per heavy atom. The van der Waals surface area contributed by atoms with Gasteiger partial charge in [-0.2, -0.15) is 0 Å². The van der Waals surface area contributed by atoms with E-state index in [4.69, 9.17) is 16.5 Å². The molecule has 0 aliphatic carbocycles. The molecule has 0 bridgehead atoms. The van der Waals surface area contributed by atoms with Gasteiger partial charge in [0.1, 0.15) is 11.3 Å². The number of aryl methyl sites for hydroxylation is 1. The quantitative estimate of drug-likeness (QED) is 0.307. The van der Waals surface area contributed by atoms with Crippen LogP contribution in [0.4, 0.5) is 5.82 Å². The molecule has 35 heavy (non-hydrogen) atoms. The molecule has 2 amide bonds. The van der Waals surface area contributed by atoms with Gasteiger partial charge >= 0.3 is 0 Å². The summed E-state index contributed by atoms with van der Waals surface area (Å²) in [5.74, 6) is 1.00. The maximum absolute atomic E-state index is 11.4. The fraction of sp³-hybridized carbons (Fsp3) is 0.308. The van der Waals surface area contributed by atoms with Crippen LogP contribution in [0.2, 0.25) is 0 Å². The number of anilines is 1. The normalized spacial score (nSPS) is 10.7. The molecule has 4 rings (SSSR count). The summed E-state index contributed by atoms with van der Waals surface area (Å²) in [4.78, 5) is 30.1. The topological polar surface area (TPSA) is 155 Å². The van der Waals surface area contributed by atoms with E-state index in [0.29, 0.717) is 18.9 Å². The molecule has 0 fully saturated rings. The van der Waals surface area contributed by atoms with Crippen LogP contribution < -0.4 is 22.5 Å². The van der Waals surface area contributed by atoms with E-state index in [9.17, 15) is 9.59 Å². The number of nitrogens with one attached hydrogen (secondary N) is 1. The maximum atomic E-state index is 11.4. The van der Waals surface area contributed by atoms with Crippen LogP contribution in [0.3, 0.4) is 0 Å². The fourth-order valence-corrected chi connectivity index (χ4v) is 3.82. The van der Waals surface area contributed by atoms with Gasteiger partial charge in [0.05, 0.1) is 17.6 Å². The van der Waals surface area contributed by atoms with Gasteiger partial charge in [0.15, 0.2) is 5.82 Å². The number of fused-ring (bicyclic) bond motifs is 3. The molecule has 0 unspecified atom stereocenters. The summed E-state index contributed by atoms with van der Waals surface area (Å²) in [5.41, 5.74) is 21.0. The number of hydrogen-bond donors (Lipinski definition) is 4. The number of nitrogen functional groups attached to an aromatic ring is 1. The lowest BCUT2D eigenvalue weighted by Crippen LogP contribution is -2.29.